The molecule has 0 aliphatic heterocycles. The summed E-state index contributed by atoms with van der Waals surface area (Å²) in [5.74, 6) is -0.477. The average molecular weight is 249 g/mol. The van der Waals surface area contributed by atoms with E-state index in [1.54, 1.807) is 13.0 Å². The van der Waals surface area contributed by atoms with E-state index >= 15 is 0 Å². The van der Waals surface area contributed by atoms with Gasteiger partial charge in [-0.2, -0.15) is 0 Å². The first kappa shape index (κ1) is 10.6. The SMILES string of the molecule is CCOC(O)c1ccc(Br)cc1F. The van der Waals surface area contributed by atoms with Gasteiger partial charge in [-0.3, -0.25) is 0 Å². The lowest BCUT2D eigenvalue weighted by Gasteiger charge is -2.11. The summed E-state index contributed by atoms with van der Waals surface area (Å²) in [5.41, 5.74) is 0.157. The largest absolute Gasteiger partial charge is 0.364 e. The fourth-order valence-corrected chi connectivity index (χ4v) is 1.28. The fraction of sp³-hybridized carbons (Fsp3) is 0.333. The van der Waals surface area contributed by atoms with E-state index in [1.165, 1.54) is 12.1 Å². The summed E-state index contributed by atoms with van der Waals surface area (Å²) in [5, 5.41) is 9.31. The van der Waals surface area contributed by atoms with Crippen LogP contribution < -0.4 is 0 Å². The maximum Gasteiger partial charge on any atom is 0.183 e. The van der Waals surface area contributed by atoms with Crippen molar-refractivity contribution in [2.45, 2.75) is 13.2 Å². The summed E-state index contributed by atoms with van der Waals surface area (Å²) in [6, 6.07) is 4.43. The Kier molecular flexibility index (Phi) is 3.84. The Morgan fingerprint density at radius 1 is 1.62 bits per heavy atom. The number of benzene rings is 1. The third-order valence-electron chi connectivity index (χ3n) is 1.55. The average Bonchev–Trinajstić information content (AvgIpc) is 2.04. The third-order valence-corrected chi connectivity index (χ3v) is 2.05. The molecule has 13 heavy (non-hydrogen) atoms. The van der Waals surface area contributed by atoms with Gasteiger partial charge in [-0.15, -0.1) is 0 Å². The lowest BCUT2D eigenvalue weighted by atomic mass is 10.2. The molecule has 1 N–H and O–H groups in total. The first-order valence-electron chi connectivity index (χ1n) is 3.89. The van der Waals surface area contributed by atoms with Crippen molar-refractivity contribution >= 4 is 15.9 Å². The Morgan fingerprint density at radius 2 is 2.31 bits per heavy atom. The van der Waals surface area contributed by atoms with Gasteiger partial charge in [0.05, 0.1) is 0 Å². The first-order valence-corrected chi connectivity index (χ1v) is 4.69. The normalized spacial score (nSPS) is 12.9. The van der Waals surface area contributed by atoms with Crippen LogP contribution in [0.4, 0.5) is 4.39 Å². The van der Waals surface area contributed by atoms with Crippen LogP contribution in [0.25, 0.3) is 0 Å². The quantitative estimate of drug-likeness (QED) is 0.834. The third kappa shape index (κ3) is 2.76. The molecular formula is C9H10BrFO2. The van der Waals surface area contributed by atoms with E-state index < -0.39 is 12.1 Å². The van der Waals surface area contributed by atoms with Crippen LogP contribution in [0.2, 0.25) is 0 Å². The molecule has 1 unspecified atom stereocenters. The van der Waals surface area contributed by atoms with Crippen molar-refractivity contribution in [1.29, 1.82) is 0 Å². The van der Waals surface area contributed by atoms with Crippen molar-refractivity contribution in [1.82, 2.24) is 0 Å². The van der Waals surface area contributed by atoms with Gasteiger partial charge in [0, 0.05) is 16.6 Å². The predicted molar refractivity (Wildman–Crippen MR) is 50.7 cm³/mol. The molecule has 0 amide bonds. The Labute approximate surface area is 84.5 Å². The second kappa shape index (κ2) is 4.69. The zero-order valence-corrected chi connectivity index (χ0v) is 8.71. The maximum absolute atomic E-state index is 13.2. The van der Waals surface area contributed by atoms with E-state index in [9.17, 15) is 9.50 Å². The molecule has 1 aromatic rings. The second-order valence-corrected chi connectivity index (χ2v) is 3.39. The van der Waals surface area contributed by atoms with Gasteiger partial charge >= 0.3 is 0 Å². The molecule has 0 heterocycles. The molecular weight excluding hydrogens is 239 g/mol. The van der Waals surface area contributed by atoms with E-state index in [2.05, 4.69) is 15.9 Å². The van der Waals surface area contributed by atoms with Gasteiger partial charge in [-0.05, 0) is 25.1 Å². The van der Waals surface area contributed by atoms with Gasteiger partial charge < -0.3 is 9.84 Å². The van der Waals surface area contributed by atoms with Crippen molar-refractivity contribution < 1.29 is 14.2 Å². The zero-order valence-electron chi connectivity index (χ0n) is 7.13. The summed E-state index contributed by atoms with van der Waals surface area (Å²) < 4.78 is 18.6. The molecule has 0 spiro atoms. The van der Waals surface area contributed by atoms with Gasteiger partial charge in [0.2, 0.25) is 0 Å². The van der Waals surface area contributed by atoms with E-state index in [4.69, 9.17) is 4.74 Å². The molecule has 4 heteroatoms. The number of halogens is 2. The maximum atomic E-state index is 13.2. The molecule has 0 aromatic heterocycles. The Hall–Kier alpha value is -0.450. The second-order valence-electron chi connectivity index (χ2n) is 2.47. The highest BCUT2D eigenvalue weighted by Crippen LogP contribution is 2.21. The molecule has 0 saturated carbocycles. The Bertz CT molecular complexity index is 291. The number of hydrogen-bond acceptors (Lipinski definition) is 2. The molecule has 0 fully saturated rings. The summed E-state index contributed by atoms with van der Waals surface area (Å²) >= 11 is 3.12. The lowest BCUT2D eigenvalue weighted by molar-refractivity contribution is -0.0998. The van der Waals surface area contributed by atoms with E-state index in [-0.39, 0.29) is 5.56 Å². The highest BCUT2D eigenvalue weighted by molar-refractivity contribution is 9.10. The summed E-state index contributed by atoms with van der Waals surface area (Å²) in [6.07, 6.45) is -1.18. The number of aliphatic hydroxyl groups is 1. The standard InChI is InChI=1S/C9H10BrFO2/c1-2-13-9(12)7-4-3-6(10)5-8(7)11/h3-5,9,12H,2H2,1H3. The predicted octanol–water partition coefficient (Wildman–Crippen LogP) is 2.62. The summed E-state index contributed by atoms with van der Waals surface area (Å²) in [7, 11) is 0. The summed E-state index contributed by atoms with van der Waals surface area (Å²) in [4.78, 5) is 0. The fourth-order valence-electron chi connectivity index (χ4n) is 0.949. The minimum atomic E-state index is -1.18. The van der Waals surface area contributed by atoms with Gasteiger partial charge in [0.25, 0.3) is 0 Å². The first-order chi connectivity index (χ1) is 6.15. The van der Waals surface area contributed by atoms with Gasteiger partial charge in [0.15, 0.2) is 6.29 Å². The van der Waals surface area contributed by atoms with Crippen LogP contribution in [0.3, 0.4) is 0 Å². The Balaban J connectivity index is 2.88. The minimum absolute atomic E-state index is 0.157. The molecule has 72 valence electrons. The van der Waals surface area contributed by atoms with Crippen LogP contribution in [-0.4, -0.2) is 11.7 Å². The monoisotopic (exact) mass is 248 g/mol. The van der Waals surface area contributed by atoms with Crippen molar-refractivity contribution in [3.05, 3.63) is 34.1 Å². The molecule has 2 nitrogen and oxygen atoms in total. The lowest BCUT2D eigenvalue weighted by Crippen LogP contribution is -2.04. The van der Waals surface area contributed by atoms with E-state index in [0.717, 1.165) is 0 Å². The molecule has 0 aliphatic rings. The van der Waals surface area contributed by atoms with Gasteiger partial charge in [0.1, 0.15) is 5.82 Å². The number of aliphatic hydroxyl groups excluding tert-OH is 1. The van der Waals surface area contributed by atoms with Crippen molar-refractivity contribution in [2.75, 3.05) is 6.61 Å². The smallest absolute Gasteiger partial charge is 0.183 e. The molecule has 0 radical (unpaired) electrons. The number of ether oxygens (including phenoxy) is 1. The summed E-state index contributed by atoms with van der Waals surface area (Å²) in [6.45, 7) is 2.08. The van der Waals surface area contributed by atoms with Crippen LogP contribution in [0.15, 0.2) is 22.7 Å². The van der Waals surface area contributed by atoms with Crippen LogP contribution in [0.1, 0.15) is 18.8 Å². The number of hydrogen-bond donors (Lipinski definition) is 1. The molecule has 0 saturated heterocycles. The molecule has 1 aromatic carbocycles. The minimum Gasteiger partial charge on any atom is -0.364 e. The topological polar surface area (TPSA) is 29.5 Å². The van der Waals surface area contributed by atoms with Gasteiger partial charge in [-0.1, -0.05) is 15.9 Å². The molecule has 0 bridgehead atoms. The zero-order chi connectivity index (χ0) is 9.84. The van der Waals surface area contributed by atoms with E-state index in [1.807, 2.05) is 0 Å². The highest BCUT2D eigenvalue weighted by Gasteiger charge is 2.12. The van der Waals surface area contributed by atoms with Crippen LogP contribution in [0, 0.1) is 5.82 Å². The van der Waals surface area contributed by atoms with Gasteiger partial charge in [-0.25, -0.2) is 4.39 Å². The van der Waals surface area contributed by atoms with Crippen molar-refractivity contribution in [3.8, 4) is 0 Å². The van der Waals surface area contributed by atoms with Crippen LogP contribution >= 0.6 is 15.9 Å². The van der Waals surface area contributed by atoms with Crippen LogP contribution in [0.5, 0.6) is 0 Å². The van der Waals surface area contributed by atoms with Crippen molar-refractivity contribution in [2.24, 2.45) is 0 Å². The van der Waals surface area contributed by atoms with Crippen molar-refractivity contribution in [3.63, 3.8) is 0 Å². The number of rotatable bonds is 3. The van der Waals surface area contributed by atoms with E-state index in [0.29, 0.717) is 11.1 Å². The highest BCUT2D eigenvalue weighted by atomic mass is 79.9. The Morgan fingerprint density at radius 3 is 2.85 bits per heavy atom. The molecule has 1 atom stereocenters. The molecule has 0 aliphatic carbocycles. The van der Waals surface area contributed by atoms with Crippen LogP contribution in [-0.2, 0) is 4.74 Å². The molecule has 1 rings (SSSR count).